The van der Waals surface area contributed by atoms with Crippen LogP contribution >= 0.6 is 11.8 Å². The lowest BCUT2D eigenvalue weighted by Crippen LogP contribution is -2.39. The molecule has 1 fully saturated rings. The highest BCUT2D eigenvalue weighted by Gasteiger charge is 2.27. The number of carbonyl (C=O) groups excluding carboxylic acids is 2. The Morgan fingerprint density at radius 1 is 1.12 bits per heavy atom. The summed E-state index contributed by atoms with van der Waals surface area (Å²) in [5.41, 5.74) is 3.64. The third-order valence-electron chi connectivity index (χ3n) is 5.76. The average Bonchev–Trinajstić information content (AvgIpc) is 2.84. The maximum absolute atomic E-state index is 12.8. The van der Waals surface area contributed by atoms with Crippen molar-refractivity contribution in [1.82, 2.24) is 15.2 Å². The van der Waals surface area contributed by atoms with Crippen molar-refractivity contribution >= 4 is 23.6 Å². The molecule has 0 unspecified atom stereocenters. The highest BCUT2D eigenvalue weighted by Crippen LogP contribution is 2.30. The van der Waals surface area contributed by atoms with E-state index in [0.717, 1.165) is 36.4 Å². The van der Waals surface area contributed by atoms with Gasteiger partial charge < -0.3 is 15.0 Å². The van der Waals surface area contributed by atoms with Crippen molar-refractivity contribution in [3.8, 4) is 0 Å². The number of amides is 2. The lowest BCUT2D eigenvalue weighted by atomic mass is 9.90. The zero-order valence-electron chi connectivity index (χ0n) is 19.7. The van der Waals surface area contributed by atoms with Gasteiger partial charge in [-0.2, -0.15) is 0 Å². The van der Waals surface area contributed by atoms with E-state index in [0.29, 0.717) is 44.2 Å². The molecule has 0 atom stereocenters. The molecule has 1 N–H and O–H groups in total. The van der Waals surface area contributed by atoms with Crippen molar-refractivity contribution < 1.29 is 14.3 Å². The van der Waals surface area contributed by atoms with E-state index < -0.39 is 0 Å². The van der Waals surface area contributed by atoms with Crippen LogP contribution in [0.2, 0.25) is 0 Å². The first-order valence-corrected chi connectivity index (χ1v) is 13.0. The third kappa shape index (κ3) is 7.86. The smallest absolute Gasteiger partial charge is 0.253 e. The van der Waals surface area contributed by atoms with Gasteiger partial charge in [-0.3, -0.25) is 14.6 Å². The first-order chi connectivity index (χ1) is 16.1. The number of thioether (sulfide) groups is 1. The van der Waals surface area contributed by atoms with Crippen LogP contribution in [0.5, 0.6) is 0 Å². The van der Waals surface area contributed by atoms with Crippen LogP contribution in [0.3, 0.4) is 0 Å². The molecule has 1 aromatic heterocycles. The van der Waals surface area contributed by atoms with Gasteiger partial charge in [0.05, 0.1) is 23.6 Å². The molecule has 7 heteroatoms. The van der Waals surface area contributed by atoms with Gasteiger partial charge in [-0.1, -0.05) is 37.3 Å². The number of piperidine rings is 1. The van der Waals surface area contributed by atoms with Crippen molar-refractivity contribution in [3.63, 3.8) is 0 Å². The van der Waals surface area contributed by atoms with E-state index in [2.05, 4.69) is 24.4 Å². The molecule has 1 aliphatic heterocycles. The van der Waals surface area contributed by atoms with Crippen molar-refractivity contribution in [3.05, 3.63) is 65.0 Å². The van der Waals surface area contributed by atoms with Gasteiger partial charge >= 0.3 is 0 Å². The summed E-state index contributed by atoms with van der Waals surface area (Å²) in [4.78, 5) is 32.1. The molecule has 0 aliphatic carbocycles. The van der Waals surface area contributed by atoms with Gasteiger partial charge in [0.25, 0.3) is 5.91 Å². The van der Waals surface area contributed by atoms with Crippen LogP contribution in [0.15, 0.2) is 42.5 Å². The first kappa shape index (κ1) is 25.2. The Hall–Kier alpha value is -2.38. The summed E-state index contributed by atoms with van der Waals surface area (Å²) in [6.07, 6.45) is 2.61. The van der Waals surface area contributed by atoms with Crippen LogP contribution in [0.4, 0.5) is 0 Å². The maximum atomic E-state index is 12.8. The minimum Gasteiger partial charge on any atom is -0.380 e. The minimum absolute atomic E-state index is 0.103. The van der Waals surface area contributed by atoms with E-state index in [4.69, 9.17) is 9.72 Å². The quantitative estimate of drug-likeness (QED) is 0.500. The van der Waals surface area contributed by atoms with Crippen molar-refractivity contribution in [2.45, 2.75) is 44.8 Å². The molecule has 0 bridgehead atoms. The fourth-order valence-corrected chi connectivity index (χ4v) is 4.87. The Bertz CT molecular complexity index is 899. The molecule has 1 aromatic carbocycles. The molecule has 0 radical (unpaired) electrons. The fraction of sp³-hybridized carbons (Fsp3) is 0.500. The molecule has 3 rings (SSSR count). The van der Waals surface area contributed by atoms with Crippen molar-refractivity contribution in [2.24, 2.45) is 0 Å². The second kappa shape index (κ2) is 13.4. The van der Waals surface area contributed by atoms with Gasteiger partial charge in [0.1, 0.15) is 0 Å². The number of aromatic nitrogens is 1. The second-order valence-corrected chi connectivity index (χ2v) is 9.37. The van der Waals surface area contributed by atoms with Gasteiger partial charge in [-0.05, 0) is 43.9 Å². The molecule has 2 aromatic rings. The van der Waals surface area contributed by atoms with Gasteiger partial charge in [0.2, 0.25) is 5.91 Å². The van der Waals surface area contributed by atoms with E-state index in [1.807, 2.05) is 42.2 Å². The number of carbonyl (C=O) groups is 2. The van der Waals surface area contributed by atoms with Crippen LogP contribution in [0.25, 0.3) is 0 Å². The molecule has 0 spiro atoms. The summed E-state index contributed by atoms with van der Waals surface area (Å²) in [7, 11) is 0. The van der Waals surface area contributed by atoms with E-state index >= 15 is 0 Å². The number of nitrogens with zero attached hydrogens (tertiary/aromatic N) is 2. The van der Waals surface area contributed by atoms with Gasteiger partial charge in [0.15, 0.2) is 0 Å². The molecule has 2 heterocycles. The fourth-order valence-electron chi connectivity index (χ4n) is 3.98. The third-order valence-corrected chi connectivity index (χ3v) is 6.75. The Balaban J connectivity index is 1.50. The lowest BCUT2D eigenvalue weighted by Gasteiger charge is -2.32. The number of ether oxygens (including phenoxy) is 1. The maximum Gasteiger partial charge on any atom is 0.253 e. The summed E-state index contributed by atoms with van der Waals surface area (Å²) in [5.74, 6) is 1.61. The highest BCUT2D eigenvalue weighted by atomic mass is 32.2. The molecule has 1 saturated heterocycles. The standard InChI is InChI=1S/C26H35N3O3S/c1-3-16-32-17-13-27-26(31)23-10-9-20(2)28-25(23)22-11-14-29(15-12-22)24(30)19-33-18-21-7-5-4-6-8-21/h4-10,22H,3,11-19H2,1-2H3,(H,27,31). The molecule has 178 valence electrons. The Labute approximate surface area is 201 Å². The average molecular weight is 470 g/mol. The molecular weight excluding hydrogens is 434 g/mol. The Morgan fingerprint density at radius 3 is 2.61 bits per heavy atom. The zero-order valence-corrected chi connectivity index (χ0v) is 20.5. The topological polar surface area (TPSA) is 71.5 Å². The molecule has 33 heavy (non-hydrogen) atoms. The number of aryl methyl sites for hydroxylation is 1. The minimum atomic E-state index is -0.103. The van der Waals surface area contributed by atoms with Crippen molar-refractivity contribution in [1.29, 1.82) is 0 Å². The largest absolute Gasteiger partial charge is 0.380 e. The van der Waals surface area contributed by atoms with E-state index in [9.17, 15) is 9.59 Å². The van der Waals surface area contributed by atoms with E-state index in [1.54, 1.807) is 11.8 Å². The summed E-state index contributed by atoms with van der Waals surface area (Å²) in [6, 6.07) is 14.0. The molecule has 6 nitrogen and oxygen atoms in total. The van der Waals surface area contributed by atoms with Crippen LogP contribution in [-0.2, 0) is 15.3 Å². The number of hydrogen-bond donors (Lipinski definition) is 1. The predicted molar refractivity (Wildman–Crippen MR) is 134 cm³/mol. The van der Waals surface area contributed by atoms with Crippen LogP contribution in [0, 0.1) is 6.92 Å². The monoisotopic (exact) mass is 469 g/mol. The number of benzene rings is 1. The normalized spacial score (nSPS) is 14.3. The Kier molecular flexibility index (Phi) is 10.2. The highest BCUT2D eigenvalue weighted by molar-refractivity contribution is 7.99. The zero-order chi connectivity index (χ0) is 23.5. The van der Waals surface area contributed by atoms with Crippen LogP contribution < -0.4 is 5.32 Å². The van der Waals surface area contributed by atoms with Gasteiger partial charge in [-0.25, -0.2) is 0 Å². The SMILES string of the molecule is CCCOCCNC(=O)c1ccc(C)nc1C1CCN(C(=O)CSCc2ccccc2)CC1. The van der Waals surface area contributed by atoms with E-state index in [-0.39, 0.29) is 17.7 Å². The molecular formula is C26H35N3O3S. The van der Waals surface area contributed by atoms with Crippen molar-refractivity contribution in [2.75, 3.05) is 38.6 Å². The molecule has 1 aliphatic rings. The molecule has 2 amide bonds. The predicted octanol–water partition coefficient (Wildman–Crippen LogP) is 4.19. The summed E-state index contributed by atoms with van der Waals surface area (Å²) in [6.45, 7) is 7.12. The molecule has 0 saturated carbocycles. The van der Waals surface area contributed by atoms with E-state index in [1.165, 1.54) is 5.56 Å². The van der Waals surface area contributed by atoms with Crippen LogP contribution in [0.1, 0.15) is 59.4 Å². The van der Waals surface area contributed by atoms with Crippen LogP contribution in [-0.4, -0.2) is 60.3 Å². The van der Waals surface area contributed by atoms with Gasteiger partial charge in [-0.15, -0.1) is 11.8 Å². The number of hydrogen-bond acceptors (Lipinski definition) is 5. The Morgan fingerprint density at radius 2 is 1.88 bits per heavy atom. The number of likely N-dealkylation sites (tertiary alicyclic amines) is 1. The number of rotatable bonds is 11. The summed E-state index contributed by atoms with van der Waals surface area (Å²) < 4.78 is 5.45. The second-order valence-electron chi connectivity index (χ2n) is 8.39. The summed E-state index contributed by atoms with van der Waals surface area (Å²) >= 11 is 1.66. The number of pyridine rings is 1. The summed E-state index contributed by atoms with van der Waals surface area (Å²) in [5, 5.41) is 2.95. The number of nitrogens with one attached hydrogen (secondary N) is 1. The van der Waals surface area contributed by atoms with Gasteiger partial charge in [0, 0.05) is 43.6 Å². The lowest BCUT2D eigenvalue weighted by molar-refractivity contribution is -0.129. The first-order valence-electron chi connectivity index (χ1n) is 11.8.